The van der Waals surface area contributed by atoms with E-state index in [2.05, 4.69) is 14.9 Å². The number of para-hydroxylation sites is 1. The molecule has 2 rings (SSSR count). The number of nitrogens with zero attached hydrogens (tertiary/aromatic N) is 1. The molecule has 2 aromatic carbocycles. The minimum Gasteiger partial charge on any atom is -0.375 e. The van der Waals surface area contributed by atoms with Crippen molar-refractivity contribution in [2.24, 2.45) is 0 Å². The lowest BCUT2D eigenvalue weighted by atomic mass is 10.3. The zero-order valence-corrected chi connectivity index (χ0v) is 16.9. The molecule has 6 nitrogen and oxygen atoms in total. The highest BCUT2D eigenvalue weighted by molar-refractivity contribution is 7.89. The molecular formula is C19H24ClN3O3S. The van der Waals surface area contributed by atoms with E-state index in [0.717, 1.165) is 18.7 Å². The van der Waals surface area contributed by atoms with Crippen LogP contribution >= 0.6 is 11.6 Å². The number of sulfonamides is 1. The Balaban J connectivity index is 1.77. The van der Waals surface area contributed by atoms with Crippen LogP contribution in [0.3, 0.4) is 0 Å². The summed E-state index contributed by atoms with van der Waals surface area (Å²) in [7, 11) is -1.79. The van der Waals surface area contributed by atoms with E-state index in [4.69, 9.17) is 11.6 Å². The van der Waals surface area contributed by atoms with Crippen molar-refractivity contribution in [3.8, 4) is 0 Å². The maximum absolute atomic E-state index is 12.3. The molecule has 0 aliphatic carbocycles. The van der Waals surface area contributed by atoms with Crippen LogP contribution in [-0.4, -0.2) is 40.5 Å². The summed E-state index contributed by atoms with van der Waals surface area (Å²) in [4.78, 5) is 14.3. The van der Waals surface area contributed by atoms with Crippen LogP contribution in [0.4, 0.5) is 5.69 Å². The fraction of sp³-hybridized carbons (Fsp3) is 0.316. The van der Waals surface area contributed by atoms with Gasteiger partial charge in [-0.25, -0.2) is 8.42 Å². The predicted molar refractivity (Wildman–Crippen MR) is 109 cm³/mol. The molecule has 0 fully saturated rings. The van der Waals surface area contributed by atoms with Crippen molar-refractivity contribution in [2.75, 3.05) is 25.0 Å². The Labute approximate surface area is 165 Å². The topological polar surface area (TPSA) is 78.5 Å². The van der Waals surface area contributed by atoms with Crippen LogP contribution in [0.5, 0.6) is 0 Å². The Bertz CT molecular complexity index is 842. The molecule has 146 valence electrons. The van der Waals surface area contributed by atoms with E-state index < -0.39 is 16.1 Å². The van der Waals surface area contributed by atoms with Crippen LogP contribution in [-0.2, 0) is 14.8 Å². The third-order valence-electron chi connectivity index (χ3n) is 4.02. The lowest BCUT2D eigenvalue weighted by molar-refractivity contribution is -0.122. The van der Waals surface area contributed by atoms with Gasteiger partial charge >= 0.3 is 0 Å². The number of benzene rings is 2. The first-order valence-corrected chi connectivity index (χ1v) is 10.5. The van der Waals surface area contributed by atoms with Gasteiger partial charge in [-0.05, 0) is 49.7 Å². The summed E-state index contributed by atoms with van der Waals surface area (Å²) in [6.07, 6.45) is 0.744. The van der Waals surface area contributed by atoms with Crippen molar-refractivity contribution in [3.05, 3.63) is 59.6 Å². The fourth-order valence-electron chi connectivity index (χ4n) is 2.46. The summed E-state index contributed by atoms with van der Waals surface area (Å²) >= 11 is 5.77. The number of amides is 1. The summed E-state index contributed by atoms with van der Waals surface area (Å²) in [6, 6.07) is 14.8. The van der Waals surface area contributed by atoms with E-state index in [1.807, 2.05) is 37.4 Å². The largest absolute Gasteiger partial charge is 0.375 e. The summed E-state index contributed by atoms with van der Waals surface area (Å²) < 4.78 is 27.0. The maximum Gasteiger partial charge on any atom is 0.241 e. The Morgan fingerprint density at radius 1 is 1.11 bits per heavy atom. The lowest BCUT2D eigenvalue weighted by Crippen LogP contribution is -2.45. The van der Waals surface area contributed by atoms with Gasteiger partial charge in [-0.2, -0.15) is 4.72 Å². The summed E-state index contributed by atoms with van der Waals surface area (Å²) in [5.74, 6) is -0.366. The van der Waals surface area contributed by atoms with Crippen LogP contribution in [0.15, 0.2) is 59.5 Å². The maximum atomic E-state index is 12.3. The van der Waals surface area contributed by atoms with Gasteiger partial charge in [-0.3, -0.25) is 4.79 Å². The van der Waals surface area contributed by atoms with E-state index in [-0.39, 0.29) is 10.8 Å². The number of hydrogen-bond donors (Lipinski definition) is 2. The highest BCUT2D eigenvalue weighted by atomic mass is 35.5. The van der Waals surface area contributed by atoms with Gasteiger partial charge in [0.1, 0.15) is 0 Å². The number of halogens is 1. The average molecular weight is 410 g/mol. The second-order valence-electron chi connectivity index (χ2n) is 6.20. The fourth-order valence-corrected chi connectivity index (χ4v) is 3.79. The number of carbonyl (C=O) groups is 1. The molecule has 8 heteroatoms. The zero-order chi connectivity index (χ0) is 19.9. The Morgan fingerprint density at radius 3 is 2.37 bits per heavy atom. The van der Waals surface area contributed by atoms with Gasteiger partial charge in [0.25, 0.3) is 0 Å². The SMILES string of the molecule is C[C@H](NS(=O)(=O)c1ccc(Cl)cc1)C(=O)NCCCN(C)c1ccccc1. The number of rotatable bonds is 9. The summed E-state index contributed by atoms with van der Waals surface area (Å²) in [5.41, 5.74) is 1.10. The number of nitrogens with one attached hydrogen (secondary N) is 2. The van der Waals surface area contributed by atoms with Crippen molar-refractivity contribution in [3.63, 3.8) is 0 Å². The van der Waals surface area contributed by atoms with Crippen LogP contribution in [0.1, 0.15) is 13.3 Å². The van der Waals surface area contributed by atoms with Gasteiger partial charge in [0.15, 0.2) is 0 Å². The van der Waals surface area contributed by atoms with Crippen molar-refractivity contribution in [1.29, 1.82) is 0 Å². The molecule has 2 N–H and O–H groups in total. The van der Waals surface area contributed by atoms with E-state index in [0.29, 0.717) is 11.6 Å². The van der Waals surface area contributed by atoms with Crippen molar-refractivity contribution >= 4 is 33.2 Å². The first kappa shape index (κ1) is 21.2. The highest BCUT2D eigenvalue weighted by Crippen LogP contribution is 2.14. The van der Waals surface area contributed by atoms with E-state index >= 15 is 0 Å². The van der Waals surface area contributed by atoms with Gasteiger partial charge in [-0.15, -0.1) is 0 Å². The Hall–Kier alpha value is -2.09. The zero-order valence-electron chi connectivity index (χ0n) is 15.4. The van der Waals surface area contributed by atoms with Crippen molar-refractivity contribution in [2.45, 2.75) is 24.3 Å². The van der Waals surface area contributed by atoms with Crippen LogP contribution in [0.25, 0.3) is 0 Å². The summed E-state index contributed by atoms with van der Waals surface area (Å²) in [6.45, 7) is 2.75. The average Bonchev–Trinajstić information content (AvgIpc) is 2.65. The predicted octanol–water partition coefficient (Wildman–Crippen LogP) is 2.65. The van der Waals surface area contributed by atoms with Gasteiger partial charge < -0.3 is 10.2 Å². The molecular weight excluding hydrogens is 386 g/mol. The van der Waals surface area contributed by atoms with Crippen LogP contribution in [0, 0.1) is 0 Å². The van der Waals surface area contributed by atoms with E-state index in [9.17, 15) is 13.2 Å². The standard InChI is InChI=1S/C19H24ClN3O3S/c1-15(22-27(25,26)18-11-9-16(20)10-12-18)19(24)21-13-6-14-23(2)17-7-4-3-5-8-17/h3-5,7-12,15,22H,6,13-14H2,1-2H3,(H,21,24)/t15-/m0/s1. The second-order valence-corrected chi connectivity index (χ2v) is 8.35. The molecule has 0 aromatic heterocycles. The second kappa shape index (κ2) is 9.73. The quantitative estimate of drug-likeness (QED) is 0.624. The molecule has 0 bridgehead atoms. The monoisotopic (exact) mass is 409 g/mol. The van der Waals surface area contributed by atoms with Crippen LogP contribution in [0.2, 0.25) is 5.02 Å². The molecule has 0 heterocycles. The first-order valence-electron chi connectivity index (χ1n) is 8.61. The third-order valence-corrected chi connectivity index (χ3v) is 5.82. The number of anilines is 1. The van der Waals surface area contributed by atoms with E-state index in [1.54, 1.807) is 0 Å². The molecule has 27 heavy (non-hydrogen) atoms. The number of carbonyl (C=O) groups excluding carboxylic acids is 1. The molecule has 0 aliphatic heterocycles. The first-order chi connectivity index (χ1) is 12.8. The van der Waals surface area contributed by atoms with Crippen LogP contribution < -0.4 is 14.9 Å². The van der Waals surface area contributed by atoms with Gasteiger partial charge in [-0.1, -0.05) is 29.8 Å². The minimum absolute atomic E-state index is 0.0658. The summed E-state index contributed by atoms with van der Waals surface area (Å²) in [5, 5.41) is 3.20. The minimum atomic E-state index is -3.78. The normalized spacial score (nSPS) is 12.4. The Kier molecular flexibility index (Phi) is 7.65. The van der Waals surface area contributed by atoms with Gasteiger partial charge in [0, 0.05) is 30.8 Å². The van der Waals surface area contributed by atoms with Crippen molar-refractivity contribution in [1.82, 2.24) is 10.0 Å². The molecule has 0 spiro atoms. The molecule has 1 amide bonds. The van der Waals surface area contributed by atoms with Gasteiger partial charge in [0.05, 0.1) is 10.9 Å². The Morgan fingerprint density at radius 2 is 1.74 bits per heavy atom. The molecule has 0 aliphatic rings. The lowest BCUT2D eigenvalue weighted by Gasteiger charge is -2.19. The molecule has 0 unspecified atom stereocenters. The third kappa shape index (κ3) is 6.53. The molecule has 2 aromatic rings. The smallest absolute Gasteiger partial charge is 0.241 e. The highest BCUT2D eigenvalue weighted by Gasteiger charge is 2.21. The number of hydrogen-bond acceptors (Lipinski definition) is 4. The molecule has 0 saturated carbocycles. The van der Waals surface area contributed by atoms with Crippen molar-refractivity contribution < 1.29 is 13.2 Å². The van der Waals surface area contributed by atoms with E-state index in [1.165, 1.54) is 31.2 Å². The van der Waals surface area contributed by atoms with Gasteiger partial charge in [0.2, 0.25) is 15.9 Å². The molecule has 1 atom stereocenters. The molecule has 0 radical (unpaired) electrons. The molecule has 0 saturated heterocycles.